The molecule has 128 valence electrons. The molecule has 3 aromatic carbocycles. The number of aliphatic hydroxyl groups is 1. The summed E-state index contributed by atoms with van der Waals surface area (Å²) < 4.78 is 1.74. The number of nitrogens with zero attached hydrogens (tertiary/aromatic N) is 3. The molecule has 4 heteroatoms. The molecule has 0 amide bonds. The van der Waals surface area contributed by atoms with Crippen LogP contribution in [0.1, 0.15) is 17.2 Å². The number of hydrogen-bond donors (Lipinski definition) is 1. The van der Waals surface area contributed by atoms with Crippen LogP contribution in [0, 0.1) is 0 Å². The predicted octanol–water partition coefficient (Wildman–Crippen LogP) is 4.09. The summed E-state index contributed by atoms with van der Waals surface area (Å²) in [7, 11) is 0. The molecular formula is C22H19N3O. The molecule has 0 radical (unpaired) electrons. The van der Waals surface area contributed by atoms with Gasteiger partial charge >= 0.3 is 0 Å². The van der Waals surface area contributed by atoms with Crippen LogP contribution in [0.25, 0.3) is 11.0 Å². The van der Waals surface area contributed by atoms with Crippen molar-refractivity contribution in [3.8, 4) is 0 Å². The second-order valence-corrected chi connectivity index (χ2v) is 6.20. The first-order chi connectivity index (χ1) is 12.7. The SMILES string of the molecule is C=CC(n1nnc2ccccc21)C(O)(c1ccccc1)c1ccccc1. The maximum Gasteiger partial charge on any atom is 0.141 e. The Morgan fingerprint density at radius 2 is 1.38 bits per heavy atom. The van der Waals surface area contributed by atoms with Crippen LogP contribution in [-0.4, -0.2) is 20.1 Å². The molecular weight excluding hydrogens is 322 g/mol. The van der Waals surface area contributed by atoms with Crippen LogP contribution in [0.15, 0.2) is 97.6 Å². The zero-order valence-electron chi connectivity index (χ0n) is 14.2. The highest BCUT2D eigenvalue weighted by Gasteiger charge is 2.41. The highest BCUT2D eigenvalue weighted by Crippen LogP contribution is 2.41. The largest absolute Gasteiger partial charge is 0.378 e. The monoisotopic (exact) mass is 341 g/mol. The fourth-order valence-corrected chi connectivity index (χ4v) is 3.43. The normalized spacial score (nSPS) is 12.8. The molecule has 4 rings (SSSR count). The fourth-order valence-electron chi connectivity index (χ4n) is 3.43. The van der Waals surface area contributed by atoms with Crippen molar-refractivity contribution >= 4 is 11.0 Å². The molecule has 0 aliphatic carbocycles. The van der Waals surface area contributed by atoms with Crippen molar-refractivity contribution in [2.24, 2.45) is 0 Å². The summed E-state index contributed by atoms with van der Waals surface area (Å²) in [5, 5.41) is 20.5. The van der Waals surface area contributed by atoms with E-state index in [4.69, 9.17) is 0 Å². The molecule has 0 aliphatic rings. The molecule has 0 fully saturated rings. The third-order valence-electron chi connectivity index (χ3n) is 4.72. The van der Waals surface area contributed by atoms with Crippen molar-refractivity contribution < 1.29 is 5.11 Å². The first kappa shape index (κ1) is 16.2. The Labute approximate surface area is 152 Å². The molecule has 0 bridgehead atoms. The summed E-state index contributed by atoms with van der Waals surface area (Å²) in [5.41, 5.74) is 1.85. The molecule has 4 nitrogen and oxygen atoms in total. The summed E-state index contributed by atoms with van der Waals surface area (Å²) in [5.74, 6) is 0. The molecule has 1 unspecified atom stereocenters. The molecule has 4 aromatic rings. The van der Waals surface area contributed by atoms with Crippen molar-refractivity contribution in [3.63, 3.8) is 0 Å². The quantitative estimate of drug-likeness (QED) is 0.556. The van der Waals surface area contributed by atoms with Gasteiger partial charge < -0.3 is 5.11 Å². The molecule has 1 aromatic heterocycles. The van der Waals surface area contributed by atoms with Gasteiger partial charge in [0.2, 0.25) is 0 Å². The first-order valence-corrected chi connectivity index (χ1v) is 8.51. The predicted molar refractivity (Wildman–Crippen MR) is 103 cm³/mol. The van der Waals surface area contributed by atoms with E-state index in [0.717, 1.165) is 22.2 Å². The van der Waals surface area contributed by atoms with Crippen LogP contribution in [0.4, 0.5) is 0 Å². The minimum atomic E-state index is -1.33. The summed E-state index contributed by atoms with van der Waals surface area (Å²) in [6.45, 7) is 3.99. The highest BCUT2D eigenvalue weighted by atomic mass is 16.3. The molecule has 26 heavy (non-hydrogen) atoms. The minimum absolute atomic E-state index is 0.528. The van der Waals surface area contributed by atoms with Gasteiger partial charge in [0.05, 0.1) is 5.52 Å². The number of fused-ring (bicyclic) bond motifs is 1. The maximum atomic E-state index is 12.0. The van der Waals surface area contributed by atoms with Gasteiger partial charge in [-0.25, -0.2) is 4.68 Å². The van der Waals surface area contributed by atoms with E-state index in [0.29, 0.717) is 0 Å². The smallest absolute Gasteiger partial charge is 0.141 e. The lowest BCUT2D eigenvalue weighted by molar-refractivity contribution is 0.0377. The molecule has 0 spiro atoms. The molecule has 0 saturated heterocycles. The van der Waals surface area contributed by atoms with Crippen LogP contribution < -0.4 is 0 Å². The van der Waals surface area contributed by atoms with E-state index in [1.54, 1.807) is 10.8 Å². The number of aromatic nitrogens is 3. The highest BCUT2D eigenvalue weighted by molar-refractivity contribution is 5.74. The van der Waals surface area contributed by atoms with E-state index in [2.05, 4.69) is 16.9 Å². The zero-order valence-corrected chi connectivity index (χ0v) is 14.2. The van der Waals surface area contributed by atoms with Crippen LogP contribution in [0.5, 0.6) is 0 Å². The second kappa shape index (κ2) is 6.58. The molecule has 1 N–H and O–H groups in total. The average molecular weight is 341 g/mol. The van der Waals surface area contributed by atoms with Gasteiger partial charge in [-0.15, -0.1) is 11.7 Å². The molecule has 1 atom stereocenters. The van der Waals surface area contributed by atoms with Gasteiger partial charge in [0.1, 0.15) is 17.2 Å². The number of hydrogen-bond acceptors (Lipinski definition) is 3. The summed E-state index contributed by atoms with van der Waals surface area (Å²) >= 11 is 0. The van der Waals surface area contributed by atoms with E-state index in [-0.39, 0.29) is 0 Å². The van der Waals surface area contributed by atoms with Crippen LogP contribution in [-0.2, 0) is 5.60 Å². The van der Waals surface area contributed by atoms with Gasteiger partial charge in [0.25, 0.3) is 0 Å². The Morgan fingerprint density at radius 1 is 0.846 bits per heavy atom. The minimum Gasteiger partial charge on any atom is -0.378 e. The number of rotatable bonds is 5. The third-order valence-corrected chi connectivity index (χ3v) is 4.72. The second-order valence-electron chi connectivity index (χ2n) is 6.20. The van der Waals surface area contributed by atoms with Gasteiger partial charge in [-0.05, 0) is 23.3 Å². The Bertz CT molecular complexity index is 985. The molecule has 1 heterocycles. The van der Waals surface area contributed by atoms with Crippen LogP contribution in [0.3, 0.4) is 0 Å². The summed E-state index contributed by atoms with van der Waals surface area (Å²) in [6, 6.07) is 26.4. The Kier molecular flexibility index (Phi) is 4.11. The van der Waals surface area contributed by atoms with Crippen molar-refractivity contribution in [1.82, 2.24) is 15.0 Å². The lowest BCUT2D eigenvalue weighted by atomic mass is 9.80. The van der Waals surface area contributed by atoms with E-state index < -0.39 is 11.6 Å². The van der Waals surface area contributed by atoms with Gasteiger partial charge in [0.15, 0.2) is 0 Å². The fraction of sp³-hybridized carbons (Fsp3) is 0.0909. The summed E-state index contributed by atoms with van der Waals surface area (Å²) in [6.07, 6.45) is 1.72. The maximum absolute atomic E-state index is 12.0. The lowest BCUT2D eigenvalue weighted by Crippen LogP contribution is -2.37. The lowest BCUT2D eigenvalue weighted by Gasteiger charge is -2.35. The Hall–Kier alpha value is -3.24. The van der Waals surface area contributed by atoms with Crippen molar-refractivity contribution in [3.05, 3.63) is 109 Å². The van der Waals surface area contributed by atoms with Crippen molar-refractivity contribution in [2.75, 3.05) is 0 Å². The summed E-state index contributed by atoms with van der Waals surface area (Å²) in [4.78, 5) is 0. The average Bonchev–Trinajstić information content (AvgIpc) is 3.14. The van der Waals surface area contributed by atoms with Crippen molar-refractivity contribution in [1.29, 1.82) is 0 Å². The van der Waals surface area contributed by atoms with E-state index in [1.807, 2.05) is 84.9 Å². The van der Waals surface area contributed by atoms with Gasteiger partial charge in [-0.1, -0.05) is 84.1 Å². The third kappa shape index (κ3) is 2.52. The van der Waals surface area contributed by atoms with E-state index in [9.17, 15) is 5.11 Å². The van der Waals surface area contributed by atoms with E-state index >= 15 is 0 Å². The molecule has 0 aliphatic heterocycles. The number of benzene rings is 3. The molecule has 0 saturated carbocycles. The van der Waals surface area contributed by atoms with E-state index in [1.165, 1.54) is 0 Å². The standard InChI is InChI=1S/C22H19N3O/c1-2-21(25-20-16-10-9-15-19(20)23-24-25)22(26,17-11-5-3-6-12-17)18-13-7-4-8-14-18/h2-16,21,26H,1H2. The topological polar surface area (TPSA) is 50.9 Å². The number of para-hydroxylation sites is 1. The Balaban J connectivity index is 1.97. The first-order valence-electron chi connectivity index (χ1n) is 8.51. The Morgan fingerprint density at radius 3 is 1.96 bits per heavy atom. The zero-order chi connectivity index (χ0) is 18.0. The van der Waals surface area contributed by atoms with Crippen LogP contribution >= 0.6 is 0 Å². The van der Waals surface area contributed by atoms with Gasteiger partial charge in [0, 0.05) is 0 Å². The van der Waals surface area contributed by atoms with Gasteiger partial charge in [-0.2, -0.15) is 0 Å². The van der Waals surface area contributed by atoms with Gasteiger partial charge in [-0.3, -0.25) is 0 Å². The van der Waals surface area contributed by atoms with Crippen molar-refractivity contribution in [2.45, 2.75) is 11.6 Å². The van der Waals surface area contributed by atoms with Crippen LogP contribution in [0.2, 0.25) is 0 Å².